The normalized spacial score (nSPS) is 27.9. The van der Waals surface area contributed by atoms with E-state index in [-0.39, 0.29) is 23.2 Å². The van der Waals surface area contributed by atoms with Crippen LogP contribution in [0.5, 0.6) is 0 Å². The van der Waals surface area contributed by atoms with Gasteiger partial charge in [0.1, 0.15) is 11.4 Å². The Morgan fingerprint density at radius 1 is 1.06 bits per heavy atom. The van der Waals surface area contributed by atoms with Gasteiger partial charge >= 0.3 is 6.03 Å². The van der Waals surface area contributed by atoms with Gasteiger partial charge in [0, 0.05) is 38.3 Å². The molecule has 2 heterocycles. The standard InChI is InChI=1S/C25H37FN4O2/c1-4-24(2,3)20-9-11-25(12-10-20)22(31)30(23(32)27-25)18-29-15-13-28(14-16-29)17-19-7-5-6-8-21(19)26/h5-8,20H,4,9-18H2,1-3H3,(H,27,32). The number of imide groups is 1. The van der Waals surface area contributed by atoms with E-state index >= 15 is 0 Å². The number of carbonyl (C=O) groups is 2. The number of hydrogen-bond acceptors (Lipinski definition) is 4. The van der Waals surface area contributed by atoms with Gasteiger partial charge in [-0.05, 0) is 43.1 Å². The van der Waals surface area contributed by atoms with Crippen LogP contribution >= 0.6 is 0 Å². The van der Waals surface area contributed by atoms with Gasteiger partial charge < -0.3 is 5.32 Å². The average Bonchev–Trinajstić information content (AvgIpc) is 3.01. The lowest BCUT2D eigenvalue weighted by molar-refractivity contribution is -0.134. The zero-order valence-corrected chi connectivity index (χ0v) is 19.7. The first-order valence-corrected chi connectivity index (χ1v) is 12.1. The zero-order valence-electron chi connectivity index (χ0n) is 19.7. The fraction of sp³-hybridized carbons (Fsp3) is 0.680. The predicted octanol–water partition coefficient (Wildman–Crippen LogP) is 3.82. The topological polar surface area (TPSA) is 55.9 Å². The molecule has 4 rings (SSSR count). The number of urea groups is 1. The van der Waals surface area contributed by atoms with Crippen molar-refractivity contribution in [2.24, 2.45) is 11.3 Å². The number of carbonyl (C=O) groups excluding carboxylic acids is 2. The van der Waals surface area contributed by atoms with Crippen molar-refractivity contribution < 1.29 is 14.0 Å². The molecule has 0 aromatic heterocycles. The van der Waals surface area contributed by atoms with E-state index in [0.717, 1.165) is 58.3 Å². The van der Waals surface area contributed by atoms with Gasteiger partial charge in [-0.1, -0.05) is 45.4 Å². The van der Waals surface area contributed by atoms with Crippen LogP contribution in [-0.2, 0) is 11.3 Å². The van der Waals surface area contributed by atoms with Crippen molar-refractivity contribution in [3.63, 3.8) is 0 Å². The number of amides is 3. The summed E-state index contributed by atoms with van der Waals surface area (Å²) in [4.78, 5) is 31.8. The van der Waals surface area contributed by atoms with Crippen molar-refractivity contribution in [3.8, 4) is 0 Å². The highest BCUT2D eigenvalue weighted by atomic mass is 19.1. The van der Waals surface area contributed by atoms with Crippen molar-refractivity contribution in [2.75, 3.05) is 32.8 Å². The van der Waals surface area contributed by atoms with Crippen LogP contribution in [0.15, 0.2) is 24.3 Å². The highest BCUT2D eigenvalue weighted by Crippen LogP contribution is 2.45. The van der Waals surface area contributed by atoms with Crippen LogP contribution < -0.4 is 5.32 Å². The van der Waals surface area contributed by atoms with E-state index in [1.807, 2.05) is 12.1 Å². The van der Waals surface area contributed by atoms with E-state index in [1.165, 1.54) is 11.0 Å². The number of hydrogen-bond donors (Lipinski definition) is 1. The molecule has 32 heavy (non-hydrogen) atoms. The van der Waals surface area contributed by atoms with Crippen molar-refractivity contribution in [2.45, 2.75) is 65.0 Å². The Morgan fingerprint density at radius 2 is 1.69 bits per heavy atom. The lowest BCUT2D eigenvalue weighted by Gasteiger charge is -2.42. The smallest absolute Gasteiger partial charge is 0.323 e. The van der Waals surface area contributed by atoms with Gasteiger partial charge in [0.15, 0.2) is 0 Å². The second-order valence-electron chi connectivity index (χ2n) is 10.5. The molecule has 1 N–H and O–H groups in total. The number of benzene rings is 1. The van der Waals surface area contributed by atoms with Crippen LogP contribution in [0.1, 0.15) is 58.4 Å². The molecule has 1 aliphatic carbocycles. The Morgan fingerprint density at radius 3 is 2.31 bits per heavy atom. The van der Waals surface area contributed by atoms with Crippen molar-refractivity contribution >= 4 is 11.9 Å². The second-order valence-corrected chi connectivity index (χ2v) is 10.5. The molecular formula is C25H37FN4O2. The Hall–Kier alpha value is -1.99. The van der Waals surface area contributed by atoms with Crippen LogP contribution in [0.4, 0.5) is 9.18 Å². The highest BCUT2D eigenvalue weighted by molar-refractivity contribution is 6.07. The average molecular weight is 445 g/mol. The summed E-state index contributed by atoms with van der Waals surface area (Å²) in [5, 5.41) is 3.06. The SMILES string of the molecule is CCC(C)(C)C1CCC2(CC1)NC(=O)N(CN1CCN(Cc3ccccc3F)CC1)C2=O. The van der Waals surface area contributed by atoms with Crippen LogP contribution in [0.2, 0.25) is 0 Å². The Bertz CT molecular complexity index is 842. The minimum Gasteiger partial charge on any atom is -0.323 e. The first kappa shape index (κ1) is 23.2. The molecule has 1 spiro atoms. The number of nitrogens with zero attached hydrogens (tertiary/aromatic N) is 3. The molecule has 176 valence electrons. The summed E-state index contributed by atoms with van der Waals surface area (Å²) in [6.45, 7) is 10.9. The lowest BCUT2D eigenvalue weighted by Crippen LogP contribution is -2.53. The third-order valence-electron chi connectivity index (χ3n) is 8.26. The molecule has 2 aliphatic heterocycles. The van der Waals surface area contributed by atoms with Crippen molar-refractivity contribution in [3.05, 3.63) is 35.6 Å². The fourth-order valence-electron chi connectivity index (χ4n) is 5.48. The molecule has 3 aliphatic rings. The third-order valence-corrected chi connectivity index (χ3v) is 8.26. The van der Waals surface area contributed by atoms with Gasteiger partial charge in [-0.2, -0.15) is 0 Å². The van der Waals surface area contributed by atoms with Gasteiger partial charge in [0.25, 0.3) is 5.91 Å². The largest absolute Gasteiger partial charge is 0.326 e. The Labute approximate surface area is 191 Å². The van der Waals surface area contributed by atoms with Gasteiger partial charge in [-0.3, -0.25) is 14.6 Å². The summed E-state index contributed by atoms with van der Waals surface area (Å²) in [7, 11) is 0. The second kappa shape index (κ2) is 9.10. The minimum absolute atomic E-state index is 0.0518. The molecule has 0 bridgehead atoms. The van der Waals surface area contributed by atoms with E-state index in [2.05, 4.69) is 35.9 Å². The molecule has 3 amide bonds. The quantitative estimate of drug-likeness (QED) is 0.678. The van der Waals surface area contributed by atoms with E-state index in [0.29, 0.717) is 24.7 Å². The van der Waals surface area contributed by atoms with E-state index < -0.39 is 5.54 Å². The summed E-state index contributed by atoms with van der Waals surface area (Å²) in [5.41, 5.74) is 0.276. The van der Waals surface area contributed by atoms with Crippen LogP contribution in [0.3, 0.4) is 0 Å². The number of halogens is 1. The van der Waals surface area contributed by atoms with Crippen molar-refractivity contribution in [1.82, 2.24) is 20.0 Å². The van der Waals surface area contributed by atoms with Crippen molar-refractivity contribution in [1.29, 1.82) is 0 Å². The molecule has 1 saturated carbocycles. The molecule has 1 aromatic carbocycles. The van der Waals surface area contributed by atoms with E-state index in [9.17, 15) is 14.0 Å². The summed E-state index contributed by atoms with van der Waals surface area (Å²) >= 11 is 0. The van der Waals surface area contributed by atoms with E-state index in [4.69, 9.17) is 0 Å². The molecule has 7 heteroatoms. The minimum atomic E-state index is -0.704. The van der Waals surface area contributed by atoms with Gasteiger partial charge in [-0.25, -0.2) is 14.1 Å². The summed E-state index contributed by atoms with van der Waals surface area (Å²) < 4.78 is 13.9. The van der Waals surface area contributed by atoms with Crippen LogP contribution in [0, 0.1) is 17.2 Å². The molecule has 0 radical (unpaired) electrons. The molecular weight excluding hydrogens is 407 g/mol. The lowest BCUT2D eigenvalue weighted by atomic mass is 9.65. The third kappa shape index (κ3) is 4.55. The summed E-state index contributed by atoms with van der Waals surface area (Å²) in [5.74, 6) is 0.375. The first-order chi connectivity index (χ1) is 15.2. The van der Waals surface area contributed by atoms with Crippen LogP contribution in [-0.4, -0.2) is 65.0 Å². The van der Waals surface area contributed by atoms with Gasteiger partial charge in [-0.15, -0.1) is 0 Å². The Kier molecular flexibility index (Phi) is 6.59. The molecule has 0 unspecified atom stereocenters. The highest BCUT2D eigenvalue weighted by Gasteiger charge is 2.53. The predicted molar refractivity (Wildman–Crippen MR) is 122 cm³/mol. The number of rotatable bonds is 6. The molecule has 6 nitrogen and oxygen atoms in total. The summed E-state index contributed by atoms with van der Waals surface area (Å²) in [6.07, 6.45) is 4.56. The fourth-order valence-corrected chi connectivity index (χ4v) is 5.48. The maximum absolute atomic E-state index is 13.9. The summed E-state index contributed by atoms with van der Waals surface area (Å²) in [6, 6.07) is 6.63. The van der Waals surface area contributed by atoms with E-state index in [1.54, 1.807) is 6.07 Å². The number of piperazine rings is 1. The number of nitrogens with one attached hydrogen (secondary N) is 1. The molecule has 1 aromatic rings. The van der Waals surface area contributed by atoms with Crippen LogP contribution in [0.25, 0.3) is 0 Å². The molecule has 3 fully saturated rings. The maximum Gasteiger partial charge on any atom is 0.326 e. The van der Waals surface area contributed by atoms with Gasteiger partial charge in [0.05, 0.1) is 6.67 Å². The Balaban J connectivity index is 1.30. The maximum atomic E-state index is 13.9. The molecule has 2 saturated heterocycles. The monoisotopic (exact) mass is 444 g/mol. The first-order valence-electron chi connectivity index (χ1n) is 12.1. The van der Waals surface area contributed by atoms with Gasteiger partial charge in [0.2, 0.25) is 0 Å². The zero-order chi connectivity index (χ0) is 22.9. The molecule has 0 atom stereocenters.